The van der Waals surface area contributed by atoms with E-state index in [0.717, 1.165) is 11.1 Å². The summed E-state index contributed by atoms with van der Waals surface area (Å²) < 4.78 is 10.7. The predicted molar refractivity (Wildman–Crippen MR) is 144 cm³/mol. The summed E-state index contributed by atoms with van der Waals surface area (Å²) in [5, 5.41) is 9.61. The SMILES string of the molecule is COC(=O)c1ccc(-c2ccc(/C=C3\C=C(c4ccccc4)N(c4ccc(Cl)c(C(=O)O)c4)C3=O)o2)cc1. The van der Waals surface area contributed by atoms with Crippen LogP contribution in [0.3, 0.4) is 0 Å². The topological polar surface area (TPSA) is 97.0 Å². The van der Waals surface area contributed by atoms with Crippen LogP contribution in [0.25, 0.3) is 23.1 Å². The summed E-state index contributed by atoms with van der Waals surface area (Å²) in [4.78, 5) is 38.4. The van der Waals surface area contributed by atoms with Crippen LogP contribution >= 0.6 is 11.6 Å². The van der Waals surface area contributed by atoms with Crippen molar-refractivity contribution in [1.82, 2.24) is 0 Å². The van der Waals surface area contributed by atoms with Crippen molar-refractivity contribution in [3.63, 3.8) is 0 Å². The number of nitrogens with zero attached hydrogens (tertiary/aromatic N) is 1. The number of amides is 1. The molecule has 0 bridgehead atoms. The largest absolute Gasteiger partial charge is 0.478 e. The van der Waals surface area contributed by atoms with Crippen LogP contribution in [0.4, 0.5) is 5.69 Å². The van der Waals surface area contributed by atoms with E-state index in [4.69, 9.17) is 20.8 Å². The molecule has 0 aliphatic carbocycles. The first-order valence-electron chi connectivity index (χ1n) is 11.5. The second kappa shape index (κ2) is 10.2. The van der Waals surface area contributed by atoms with Crippen LogP contribution in [0.2, 0.25) is 5.02 Å². The minimum Gasteiger partial charge on any atom is -0.478 e. The van der Waals surface area contributed by atoms with Crippen LogP contribution in [0.1, 0.15) is 32.0 Å². The van der Waals surface area contributed by atoms with Gasteiger partial charge in [0, 0.05) is 11.1 Å². The number of benzene rings is 3. The number of aromatic carboxylic acids is 1. The maximum atomic E-state index is 13.6. The Labute approximate surface area is 222 Å². The Balaban J connectivity index is 1.51. The molecule has 38 heavy (non-hydrogen) atoms. The quantitative estimate of drug-likeness (QED) is 0.226. The van der Waals surface area contributed by atoms with Crippen LogP contribution in [-0.4, -0.2) is 30.1 Å². The van der Waals surface area contributed by atoms with E-state index in [1.165, 1.54) is 24.1 Å². The monoisotopic (exact) mass is 525 g/mol. The Morgan fingerprint density at radius 2 is 1.68 bits per heavy atom. The molecule has 0 saturated carbocycles. The van der Waals surface area contributed by atoms with Gasteiger partial charge in [0.15, 0.2) is 0 Å². The molecule has 2 heterocycles. The Bertz CT molecular complexity index is 1620. The molecule has 0 spiro atoms. The molecule has 0 unspecified atom stereocenters. The fraction of sp³-hybridized carbons (Fsp3) is 0.0333. The molecule has 1 N–H and O–H groups in total. The molecule has 4 aromatic rings. The number of halogens is 1. The molecule has 1 aliphatic rings. The molecular formula is C30H20ClNO6. The number of carbonyl (C=O) groups excluding carboxylic acids is 2. The number of hydrogen-bond acceptors (Lipinski definition) is 5. The fourth-order valence-electron chi connectivity index (χ4n) is 4.14. The highest BCUT2D eigenvalue weighted by atomic mass is 35.5. The van der Waals surface area contributed by atoms with Crippen molar-refractivity contribution >= 4 is 46.9 Å². The summed E-state index contributed by atoms with van der Waals surface area (Å²) in [6.45, 7) is 0. The van der Waals surface area contributed by atoms with E-state index in [2.05, 4.69) is 0 Å². The number of furan rings is 1. The standard InChI is InChI=1S/C30H20ClNO6/c1-37-30(36)20-9-7-19(8-10-20)27-14-12-23(38-27)15-21-16-26(18-5-3-2-4-6-18)32(28(21)33)22-11-13-25(31)24(17-22)29(34)35/h2-17H,1H3,(H,34,35)/b21-15+. The second-order valence-corrected chi connectivity index (χ2v) is 8.78. The smallest absolute Gasteiger partial charge is 0.337 e. The van der Waals surface area contributed by atoms with Crippen LogP contribution in [-0.2, 0) is 9.53 Å². The summed E-state index contributed by atoms with van der Waals surface area (Å²) in [5.41, 5.74) is 3.18. The Morgan fingerprint density at radius 1 is 0.947 bits per heavy atom. The van der Waals surface area contributed by atoms with Crippen molar-refractivity contribution < 1.29 is 28.6 Å². The first-order valence-corrected chi connectivity index (χ1v) is 11.9. The van der Waals surface area contributed by atoms with Gasteiger partial charge in [-0.25, -0.2) is 9.59 Å². The van der Waals surface area contributed by atoms with Gasteiger partial charge in [-0.05, 0) is 60.2 Å². The molecule has 0 fully saturated rings. The van der Waals surface area contributed by atoms with Crippen LogP contribution in [0.15, 0.2) is 101 Å². The number of ether oxygens (including phenoxy) is 1. The highest BCUT2D eigenvalue weighted by Crippen LogP contribution is 2.37. The number of carboxylic acid groups (broad SMARTS) is 1. The van der Waals surface area contributed by atoms with E-state index in [0.29, 0.717) is 34.0 Å². The average molecular weight is 526 g/mol. The molecule has 0 atom stereocenters. The van der Waals surface area contributed by atoms with E-state index in [1.54, 1.807) is 54.6 Å². The zero-order valence-electron chi connectivity index (χ0n) is 20.1. The molecular weight excluding hydrogens is 506 g/mol. The van der Waals surface area contributed by atoms with E-state index in [9.17, 15) is 19.5 Å². The van der Waals surface area contributed by atoms with Gasteiger partial charge in [-0.3, -0.25) is 9.69 Å². The Morgan fingerprint density at radius 3 is 2.37 bits per heavy atom. The van der Waals surface area contributed by atoms with Crippen molar-refractivity contribution in [2.45, 2.75) is 0 Å². The van der Waals surface area contributed by atoms with E-state index in [1.807, 2.05) is 30.3 Å². The molecule has 8 heteroatoms. The molecule has 7 nitrogen and oxygen atoms in total. The molecule has 3 aromatic carbocycles. The van der Waals surface area contributed by atoms with Crippen molar-refractivity contribution in [3.05, 3.63) is 124 Å². The van der Waals surface area contributed by atoms with Crippen LogP contribution < -0.4 is 4.90 Å². The van der Waals surface area contributed by atoms with Gasteiger partial charge in [0.25, 0.3) is 5.91 Å². The van der Waals surface area contributed by atoms with Gasteiger partial charge in [-0.1, -0.05) is 54.1 Å². The predicted octanol–water partition coefficient (Wildman–Crippen LogP) is 6.56. The summed E-state index contributed by atoms with van der Waals surface area (Å²) >= 11 is 6.06. The average Bonchev–Trinajstić information content (AvgIpc) is 3.54. The molecule has 5 rings (SSSR count). The van der Waals surface area contributed by atoms with Crippen molar-refractivity contribution in [2.75, 3.05) is 12.0 Å². The van der Waals surface area contributed by atoms with Gasteiger partial charge in [0.2, 0.25) is 0 Å². The molecule has 0 radical (unpaired) electrons. The van der Waals surface area contributed by atoms with Crippen molar-refractivity contribution in [3.8, 4) is 11.3 Å². The maximum Gasteiger partial charge on any atom is 0.337 e. The zero-order chi connectivity index (χ0) is 26.8. The lowest BCUT2D eigenvalue weighted by atomic mass is 10.1. The minimum absolute atomic E-state index is 0.0802. The lowest BCUT2D eigenvalue weighted by molar-refractivity contribution is -0.113. The highest BCUT2D eigenvalue weighted by molar-refractivity contribution is 6.34. The Hall–Kier alpha value is -4.88. The molecule has 1 aliphatic heterocycles. The van der Waals surface area contributed by atoms with Gasteiger partial charge < -0.3 is 14.3 Å². The minimum atomic E-state index is -1.19. The van der Waals surface area contributed by atoms with Crippen LogP contribution in [0.5, 0.6) is 0 Å². The third-order valence-corrected chi connectivity index (χ3v) is 6.34. The first kappa shape index (κ1) is 24.8. The second-order valence-electron chi connectivity index (χ2n) is 8.38. The number of esters is 1. The van der Waals surface area contributed by atoms with Gasteiger partial charge in [-0.15, -0.1) is 0 Å². The molecule has 188 valence electrons. The summed E-state index contributed by atoms with van der Waals surface area (Å²) in [6.07, 6.45) is 3.37. The molecule has 0 saturated heterocycles. The first-order chi connectivity index (χ1) is 18.4. The number of methoxy groups -OCH3 is 1. The third-order valence-electron chi connectivity index (χ3n) is 6.01. The Kier molecular flexibility index (Phi) is 6.68. The number of hydrogen-bond donors (Lipinski definition) is 1. The normalized spacial score (nSPS) is 14.1. The number of rotatable bonds is 6. The van der Waals surface area contributed by atoms with Crippen LogP contribution in [0, 0.1) is 0 Å². The van der Waals surface area contributed by atoms with E-state index < -0.39 is 11.9 Å². The zero-order valence-corrected chi connectivity index (χ0v) is 20.8. The maximum absolute atomic E-state index is 13.6. The van der Waals surface area contributed by atoms with Gasteiger partial charge in [-0.2, -0.15) is 0 Å². The van der Waals surface area contributed by atoms with Gasteiger partial charge in [0.05, 0.1) is 34.6 Å². The summed E-state index contributed by atoms with van der Waals surface area (Å²) in [6, 6.07) is 24.1. The highest BCUT2D eigenvalue weighted by Gasteiger charge is 2.31. The number of anilines is 1. The van der Waals surface area contributed by atoms with Crippen molar-refractivity contribution in [2.24, 2.45) is 0 Å². The molecule has 1 amide bonds. The van der Waals surface area contributed by atoms with Gasteiger partial charge >= 0.3 is 11.9 Å². The van der Waals surface area contributed by atoms with Gasteiger partial charge in [0.1, 0.15) is 11.5 Å². The lowest BCUT2D eigenvalue weighted by Crippen LogP contribution is -2.25. The lowest BCUT2D eigenvalue weighted by Gasteiger charge is -2.21. The number of carboxylic acids is 1. The third kappa shape index (κ3) is 4.75. The van der Waals surface area contributed by atoms with E-state index >= 15 is 0 Å². The summed E-state index contributed by atoms with van der Waals surface area (Å²) in [5.74, 6) is -0.946. The van der Waals surface area contributed by atoms with Crippen molar-refractivity contribution in [1.29, 1.82) is 0 Å². The molecule has 1 aromatic heterocycles. The fourth-order valence-corrected chi connectivity index (χ4v) is 4.34. The number of carbonyl (C=O) groups is 3. The summed E-state index contributed by atoms with van der Waals surface area (Å²) in [7, 11) is 1.32. The van der Waals surface area contributed by atoms with E-state index in [-0.39, 0.29) is 16.5 Å².